The second-order valence-electron chi connectivity index (χ2n) is 6.23. The minimum Gasteiger partial charge on any atom is -0.493 e. The number of nitrogens with zero attached hydrogens (tertiary/aromatic N) is 4. The maximum absolute atomic E-state index is 12.1. The first-order valence-corrected chi connectivity index (χ1v) is 9.50. The molecule has 3 aromatic rings. The summed E-state index contributed by atoms with van der Waals surface area (Å²) >= 11 is 1.37. The maximum atomic E-state index is 12.1. The Hall–Kier alpha value is -3.01. The molecule has 0 radical (unpaired) electrons. The Balaban J connectivity index is 1.59. The molecule has 0 saturated carbocycles. The molecule has 1 N–H and O–H groups in total. The highest BCUT2D eigenvalue weighted by molar-refractivity contribution is 7.15. The van der Waals surface area contributed by atoms with Crippen LogP contribution in [0, 0.1) is 0 Å². The van der Waals surface area contributed by atoms with Crippen LogP contribution in [0.2, 0.25) is 0 Å². The average Bonchev–Trinajstić information content (AvgIpc) is 3.35. The van der Waals surface area contributed by atoms with Gasteiger partial charge >= 0.3 is 0 Å². The summed E-state index contributed by atoms with van der Waals surface area (Å²) in [5.74, 6) is 2.07. The first-order chi connectivity index (χ1) is 13.5. The zero-order chi connectivity index (χ0) is 20.1. The number of hydrogen-bond acceptors (Lipinski definition) is 9. The van der Waals surface area contributed by atoms with Crippen molar-refractivity contribution in [2.45, 2.75) is 32.6 Å². The largest absolute Gasteiger partial charge is 0.493 e. The molecule has 0 unspecified atom stereocenters. The fraction of sp³-hybridized carbons (Fsp3) is 0.389. The van der Waals surface area contributed by atoms with Crippen molar-refractivity contribution in [3.05, 3.63) is 29.1 Å². The number of methoxy groups -OCH3 is 2. The van der Waals surface area contributed by atoms with E-state index in [0.29, 0.717) is 34.8 Å². The Kier molecular flexibility index (Phi) is 6.19. The molecule has 0 spiro atoms. The monoisotopic (exact) mass is 403 g/mol. The molecule has 0 fully saturated rings. The maximum Gasteiger partial charge on any atom is 0.227 e. The van der Waals surface area contributed by atoms with Gasteiger partial charge in [0.15, 0.2) is 11.5 Å². The van der Waals surface area contributed by atoms with Crippen molar-refractivity contribution < 1.29 is 18.8 Å². The molecule has 28 heavy (non-hydrogen) atoms. The van der Waals surface area contributed by atoms with E-state index in [9.17, 15) is 4.79 Å². The van der Waals surface area contributed by atoms with Gasteiger partial charge in [0, 0.05) is 24.3 Å². The smallest absolute Gasteiger partial charge is 0.227 e. The highest BCUT2D eigenvalue weighted by Gasteiger charge is 2.14. The van der Waals surface area contributed by atoms with Crippen molar-refractivity contribution in [3.63, 3.8) is 0 Å². The molecule has 148 valence electrons. The number of amides is 1. The van der Waals surface area contributed by atoms with Gasteiger partial charge in [-0.2, -0.15) is 4.98 Å². The number of anilines is 1. The summed E-state index contributed by atoms with van der Waals surface area (Å²) in [6.07, 6.45) is 0.520. The molecule has 9 nitrogen and oxygen atoms in total. The van der Waals surface area contributed by atoms with Gasteiger partial charge in [0.1, 0.15) is 5.01 Å². The lowest BCUT2D eigenvalue weighted by Gasteiger charge is -2.07. The van der Waals surface area contributed by atoms with Gasteiger partial charge in [-0.1, -0.05) is 30.3 Å². The number of ether oxygens (including phenoxy) is 2. The summed E-state index contributed by atoms with van der Waals surface area (Å²) in [6, 6.07) is 5.34. The number of aromatic nitrogens is 4. The molecule has 1 aromatic carbocycles. The van der Waals surface area contributed by atoms with Crippen LogP contribution >= 0.6 is 11.3 Å². The number of rotatable bonds is 8. The van der Waals surface area contributed by atoms with Crippen LogP contribution in [0.1, 0.15) is 37.1 Å². The summed E-state index contributed by atoms with van der Waals surface area (Å²) < 4.78 is 15.7. The van der Waals surface area contributed by atoms with Crippen LogP contribution in [0.5, 0.6) is 11.5 Å². The predicted molar refractivity (Wildman–Crippen MR) is 104 cm³/mol. The van der Waals surface area contributed by atoms with Gasteiger partial charge in [0.25, 0.3) is 0 Å². The van der Waals surface area contributed by atoms with Crippen molar-refractivity contribution >= 4 is 22.4 Å². The lowest BCUT2D eigenvalue weighted by atomic mass is 10.2. The molecule has 3 rings (SSSR count). The second-order valence-corrected chi connectivity index (χ2v) is 7.24. The van der Waals surface area contributed by atoms with E-state index in [1.807, 2.05) is 19.9 Å². The number of benzene rings is 1. The van der Waals surface area contributed by atoms with Crippen LogP contribution in [-0.4, -0.2) is 40.5 Å². The van der Waals surface area contributed by atoms with Gasteiger partial charge in [0.2, 0.25) is 22.8 Å². The predicted octanol–water partition coefficient (Wildman–Crippen LogP) is 3.30. The van der Waals surface area contributed by atoms with Crippen molar-refractivity contribution in [3.8, 4) is 22.9 Å². The molecule has 1 amide bonds. The van der Waals surface area contributed by atoms with Gasteiger partial charge < -0.3 is 19.3 Å². The third-order valence-electron chi connectivity index (χ3n) is 3.86. The molecule has 0 aliphatic carbocycles. The Morgan fingerprint density at radius 2 is 2.00 bits per heavy atom. The standard InChI is InChI=1S/C18H21N5O4S/c1-10(2)17-21-22-18(28-17)19-14(24)7-8-15-20-16(23-27-15)11-5-6-12(25-3)13(9-11)26-4/h5-6,9-10H,7-8H2,1-4H3,(H,19,22,24). The molecule has 10 heteroatoms. The minimum atomic E-state index is -0.183. The summed E-state index contributed by atoms with van der Waals surface area (Å²) in [4.78, 5) is 16.4. The molecule has 0 saturated heterocycles. The van der Waals surface area contributed by atoms with Crippen molar-refractivity contribution in [2.24, 2.45) is 0 Å². The Morgan fingerprint density at radius 3 is 2.68 bits per heavy atom. The van der Waals surface area contributed by atoms with E-state index < -0.39 is 0 Å². The fourth-order valence-corrected chi connectivity index (χ4v) is 3.13. The van der Waals surface area contributed by atoms with E-state index in [4.69, 9.17) is 14.0 Å². The van der Waals surface area contributed by atoms with Gasteiger partial charge in [-0.25, -0.2) is 0 Å². The number of carbonyl (C=O) groups excluding carboxylic acids is 1. The van der Waals surface area contributed by atoms with Gasteiger partial charge in [-0.05, 0) is 18.2 Å². The number of carbonyl (C=O) groups is 1. The Bertz CT molecular complexity index is 953. The molecule has 0 atom stereocenters. The van der Waals surface area contributed by atoms with E-state index in [1.54, 1.807) is 26.4 Å². The van der Waals surface area contributed by atoms with Crippen LogP contribution in [-0.2, 0) is 11.2 Å². The first-order valence-electron chi connectivity index (χ1n) is 8.68. The molecular formula is C18H21N5O4S. The van der Waals surface area contributed by atoms with E-state index in [2.05, 4.69) is 25.7 Å². The summed E-state index contributed by atoms with van der Waals surface area (Å²) in [5, 5.41) is 16.1. The normalized spacial score (nSPS) is 10.9. The van der Waals surface area contributed by atoms with Crippen LogP contribution in [0.4, 0.5) is 5.13 Å². The zero-order valence-electron chi connectivity index (χ0n) is 16.1. The van der Waals surface area contributed by atoms with E-state index in [0.717, 1.165) is 10.6 Å². The average molecular weight is 403 g/mol. The summed E-state index contributed by atoms with van der Waals surface area (Å²) in [6.45, 7) is 4.05. The van der Waals surface area contributed by atoms with Crippen molar-refractivity contribution in [1.82, 2.24) is 20.3 Å². The third-order valence-corrected chi connectivity index (χ3v) is 5.00. The van der Waals surface area contributed by atoms with Crippen molar-refractivity contribution in [1.29, 1.82) is 0 Å². The highest BCUT2D eigenvalue weighted by Crippen LogP contribution is 2.31. The van der Waals surface area contributed by atoms with Crippen LogP contribution in [0.15, 0.2) is 22.7 Å². The van der Waals surface area contributed by atoms with Crippen molar-refractivity contribution in [2.75, 3.05) is 19.5 Å². The number of nitrogens with one attached hydrogen (secondary N) is 1. The highest BCUT2D eigenvalue weighted by atomic mass is 32.1. The third kappa shape index (κ3) is 4.63. The van der Waals surface area contributed by atoms with Gasteiger partial charge in [-0.3, -0.25) is 4.79 Å². The molecule has 0 aliphatic heterocycles. The molecule has 0 aliphatic rings. The molecular weight excluding hydrogens is 382 g/mol. The Labute approximate surface area is 166 Å². The van der Waals surface area contributed by atoms with E-state index >= 15 is 0 Å². The zero-order valence-corrected chi connectivity index (χ0v) is 16.9. The lowest BCUT2D eigenvalue weighted by molar-refractivity contribution is -0.116. The van der Waals surface area contributed by atoms with Crippen LogP contribution in [0.3, 0.4) is 0 Å². The van der Waals surface area contributed by atoms with Crippen LogP contribution < -0.4 is 14.8 Å². The Morgan fingerprint density at radius 1 is 1.21 bits per heavy atom. The molecule has 2 aromatic heterocycles. The minimum absolute atomic E-state index is 0.183. The van der Waals surface area contributed by atoms with Gasteiger partial charge in [-0.15, -0.1) is 10.2 Å². The summed E-state index contributed by atoms with van der Waals surface area (Å²) in [7, 11) is 3.13. The first kappa shape index (κ1) is 19.7. The fourth-order valence-electron chi connectivity index (χ4n) is 2.37. The quantitative estimate of drug-likeness (QED) is 0.610. The number of aryl methyl sites for hydroxylation is 1. The van der Waals surface area contributed by atoms with Crippen LogP contribution in [0.25, 0.3) is 11.4 Å². The van der Waals surface area contributed by atoms with E-state index in [-0.39, 0.29) is 18.2 Å². The molecule has 2 heterocycles. The topological polar surface area (TPSA) is 112 Å². The van der Waals surface area contributed by atoms with E-state index in [1.165, 1.54) is 11.3 Å². The van der Waals surface area contributed by atoms with Gasteiger partial charge in [0.05, 0.1) is 14.2 Å². The molecule has 0 bridgehead atoms. The summed E-state index contributed by atoms with van der Waals surface area (Å²) in [5.41, 5.74) is 0.729. The SMILES string of the molecule is COc1ccc(-c2noc(CCC(=O)Nc3nnc(C(C)C)s3)n2)cc1OC. The number of hydrogen-bond donors (Lipinski definition) is 1. The lowest BCUT2D eigenvalue weighted by Crippen LogP contribution is -2.12. The second kappa shape index (κ2) is 8.79.